The monoisotopic (exact) mass is 418 g/mol. The van der Waals surface area contributed by atoms with Gasteiger partial charge in [-0.05, 0) is 24.3 Å². The van der Waals surface area contributed by atoms with Crippen molar-refractivity contribution in [2.24, 2.45) is 0 Å². The van der Waals surface area contributed by atoms with Gasteiger partial charge in [0.05, 0.1) is 19.1 Å². The first-order valence-corrected chi connectivity index (χ1v) is 10.8. The van der Waals surface area contributed by atoms with E-state index in [4.69, 9.17) is 4.74 Å². The number of methoxy groups -OCH3 is 1. The van der Waals surface area contributed by atoms with E-state index < -0.39 is 15.9 Å². The van der Waals surface area contributed by atoms with E-state index in [9.17, 15) is 13.2 Å². The number of sulfonamides is 1. The highest BCUT2D eigenvalue weighted by molar-refractivity contribution is 7.92. The van der Waals surface area contributed by atoms with E-state index in [1.165, 1.54) is 18.4 Å². The summed E-state index contributed by atoms with van der Waals surface area (Å²) in [6, 6.07) is 15.8. The molecule has 10 heteroatoms. The standard InChI is InChI=1S/C18H18N4O4S2/c1-26-15-10-8-14(9-11-15)22(28(2,24)25)12-16(23)19-18-21-20-17(27-18)13-6-4-3-5-7-13/h3-11H,12H2,1-2H3,(H,19,21,23). The smallest absolute Gasteiger partial charge is 0.246 e. The second-order valence-electron chi connectivity index (χ2n) is 5.79. The Bertz CT molecular complexity index is 1050. The summed E-state index contributed by atoms with van der Waals surface area (Å²) in [6.45, 7) is -0.384. The molecule has 3 aromatic rings. The molecule has 0 unspecified atom stereocenters. The van der Waals surface area contributed by atoms with Gasteiger partial charge in [-0.15, -0.1) is 10.2 Å². The minimum Gasteiger partial charge on any atom is -0.497 e. The van der Waals surface area contributed by atoms with Crippen molar-refractivity contribution in [1.29, 1.82) is 0 Å². The Morgan fingerprint density at radius 2 is 1.79 bits per heavy atom. The van der Waals surface area contributed by atoms with Gasteiger partial charge in [0.25, 0.3) is 0 Å². The average molecular weight is 419 g/mol. The van der Waals surface area contributed by atoms with Crippen LogP contribution in [0.4, 0.5) is 10.8 Å². The van der Waals surface area contributed by atoms with Crippen LogP contribution in [0.5, 0.6) is 5.75 Å². The number of ether oxygens (including phenoxy) is 1. The lowest BCUT2D eigenvalue weighted by atomic mass is 10.2. The number of anilines is 2. The first-order chi connectivity index (χ1) is 13.4. The van der Waals surface area contributed by atoms with Gasteiger partial charge < -0.3 is 4.74 Å². The highest BCUT2D eigenvalue weighted by atomic mass is 32.2. The molecule has 1 aromatic heterocycles. The Morgan fingerprint density at radius 3 is 2.39 bits per heavy atom. The molecule has 0 spiro atoms. The molecule has 3 rings (SSSR count). The second kappa shape index (κ2) is 8.36. The number of hydrogen-bond acceptors (Lipinski definition) is 7. The van der Waals surface area contributed by atoms with E-state index in [2.05, 4.69) is 15.5 Å². The molecular formula is C18H18N4O4S2. The summed E-state index contributed by atoms with van der Waals surface area (Å²) >= 11 is 1.21. The van der Waals surface area contributed by atoms with E-state index in [1.54, 1.807) is 24.3 Å². The molecule has 1 N–H and O–H groups in total. The molecule has 2 aromatic carbocycles. The number of hydrogen-bond donors (Lipinski definition) is 1. The fourth-order valence-corrected chi connectivity index (χ4v) is 4.03. The molecule has 0 aliphatic carbocycles. The van der Waals surface area contributed by atoms with Gasteiger partial charge in [-0.25, -0.2) is 8.42 Å². The van der Waals surface area contributed by atoms with Crippen molar-refractivity contribution in [2.75, 3.05) is 29.5 Å². The lowest BCUT2D eigenvalue weighted by Crippen LogP contribution is -2.37. The molecule has 0 atom stereocenters. The Kier molecular flexibility index (Phi) is 5.90. The van der Waals surface area contributed by atoms with Crippen molar-refractivity contribution in [2.45, 2.75) is 0 Å². The molecule has 8 nitrogen and oxygen atoms in total. The molecule has 0 aliphatic heterocycles. The Hall–Kier alpha value is -2.98. The van der Waals surface area contributed by atoms with Crippen LogP contribution in [0.1, 0.15) is 0 Å². The van der Waals surface area contributed by atoms with Crippen LogP contribution < -0.4 is 14.4 Å². The van der Waals surface area contributed by atoms with Crippen molar-refractivity contribution in [1.82, 2.24) is 10.2 Å². The molecule has 0 saturated carbocycles. The molecule has 0 saturated heterocycles. The molecular weight excluding hydrogens is 400 g/mol. The predicted molar refractivity (Wildman–Crippen MR) is 109 cm³/mol. The average Bonchev–Trinajstić information content (AvgIpc) is 3.14. The zero-order valence-electron chi connectivity index (χ0n) is 15.2. The fraction of sp³-hybridized carbons (Fsp3) is 0.167. The fourth-order valence-electron chi connectivity index (χ4n) is 2.41. The number of nitrogens with zero attached hydrogens (tertiary/aromatic N) is 3. The maximum atomic E-state index is 12.4. The molecule has 1 amide bonds. The van der Waals surface area contributed by atoms with Gasteiger partial charge in [-0.2, -0.15) is 0 Å². The quantitative estimate of drug-likeness (QED) is 0.633. The summed E-state index contributed by atoms with van der Waals surface area (Å²) in [5, 5.41) is 11.6. The first-order valence-electron chi connectivity index (χ1n) is 8.17. The van der Waals surface area contributed by atoms with Gasteiger partial charge >= 0.3 is 0 Å². The summed E-state index contributed by atoms with van der Waals surface area (Å²) in [7, 11) is -2.15. The number of nitrogens with one attached hydrogen (secondary N) is 1. The van der Waals surface area contributed by atoms with Crippen LogP contribution in [0.25, 0.3) is 10.6 Å². The van der Waals surface area contributed by atoms with Crippen molar-refractivity contribution in [3.8, 4) is 16.3 Å². The lowest BCUT2D eigenvalue weighted by molar-refractivity contribution is -0.114. The van der Waals surface area contributed by atoms with Gasteiger partial charge in [-0.1, -0.05) is 41.7 Å². The van der Waals surface area contributed by atoms with Gasteiger partial charge in [0.15, 0.2) is 0 Å². The van der Waals surface area contributed by atoms with E-state index >= 15 is 0 Å². The predicted octanol–water partition coefficient (Wildman–Crippen LogP) is 2.62. The topological polar surface area (TPSA) is 101 Å². The summed E-state index contributed by atoms with van der Waals surface area (Å²) in [5.74, 6) is 0.0703. The van der Waals surface area contributed by atoms with Crippen LogP contribution in [-0.4, -0.2) is 44.4 Å². The third-order valence-electron chi connectivity index (χ3n) is 3.74. The van der Waals surface area contributed by atoms with Crippen molar-refractivity contribution >= 4 is 38.1 Å². The molecule has 0 aliphatic rings. The maximum absolute atomic E-state index is 12.4. The van der Waals surface area contributed by atoms with Gasteiger partial charge in [0.1, 0.15) is 17.3 Å². The van der Waals surface area contributed by atoms with Crippen LogP contribution >= 0.6 is 11.3 Å². The summed E-state index contributed by atoms with van der Waals surface area (Å²) in [6.07, 6.45) is 1.04. The third-order valence-corrected chi connectivity index (χ3v) is 5.77. The number of carbonyl (C=O) groups excluding carboxylic acids is 1. The first kappa shape index (κ1) is 19.8. The number of rotatable bonds is 7. The van der Waals surface area contributed by atoms with Crippen LogP contribution in [-0.2, 0) is 14.8 Å². The molecule has 0 radical (unpaired) electrons. The lowest BCUT2D eigenvalue weighted by Gasteiger charge is -2.21. The van der Waals surface area contributed by atoms with E-state index in [-0.39, 0.29) is 6.54 Å². The zero-order valence-corrected chi connectivity index (χ0v) is 16.8. The van der Waals surface area contributed by atoms with Gasteiger partial charge in [0, 0.05) is 5.56 Å². The molecule has 146 valence electrons. The Labute approximate surface area is 166 Å². The molecule has 1 heterocycles. The summed E-state index contributed by atoms with van der Waals surface area (Å²) in [4.78, 5) is 12.4. The zero-order chi connectivity index (χ0) is 20.1. The molecule has 28 heavy (non-hydrogen) atoms. The Morgan fingerprint density at radius 1 is 1.11 bits per heavy atom. The minimum absolute atomic E-state index is 0.298. The summed E-state index contributed by atoms with van der Waals surface area (Å²) in [5.41, 5.74) is 1.25. The molecule has 0 bridgehead atoms. The van der Waals surface area contributed by atoms with E-state index in [0.717, 1.165) is 16.1 Å². The Balaban J connectivity index is 1.73. The van der Waals surface area contributed by atoms with Gasteiger partial charge in [-0.3, -0.25) is 14.4 Å². The second-order valence-corrected chi connectivity index (χ2v) is 8.68. The highest BCUT2D eigenvalue weighted by Gasteiger charge is 2.21. The normalized spacial score (nSPS) is 11.1. The van der Waals surface area contributed by atoms with E-state index in [0.29, 0.717) is 21.6 Å². The minimum atomic E-state index is -3.66. The van der Waals surface area contributed by atoms with Crippen LogP contribution in [0, 0.1) is 0 Å². The SMILES string of the molecule is COc1ccc(N(CC(=O)Nc2nnc(-c3ccccc3)s2)S(C)(=O)=O)cc1. The summed E-state index contributed by atoms with van der Waals surface area (Å²) < 4.78 is 30.4. The largest absolute Gasteiger partial charge is 0.497 e. The number of aromatic nitrogens is 2. The number of benzene rings is 2. The van der Waals surface area contributed by atoms with Crippen LogP contribution in [0.3, 0.4) is 0 Å². The number of amides is 1. The van der Waals surface area contributed by atoms with Crippen molar-refractivity contribution < 1.29 is 17.9 Å². The van der Waals surface area contributed by atoms with Crippen molar-refractivity contribution in [3.63, 3.8) is 0 Å². The van der Waals surface area contributed by atoms with Crippen LogP contribution in [0.2, 0.25) is 0 Å². The maximum Gasteiger partial charge on any atom is 0.246 e. The number of carbonyl (C=O) groups is 1. The van der Waals surface area contributed by atoms with Crippen LogP contribution in [0.15, 0.2) is 54.6 Å². The molecule has 0 fully saturated rings. The van der Waals surface area contributed by atoms with E-state index in [1.807, 2.05) is 30.3 Å². The van der Waals surface area contributed by atoms with Crippen molar-refractivity contribution in [3.05, 3.63) is 54.6 Å². The third kappa shape index (κ3) is 4.84. The highest BCUT2D eigenvalue weighted by Crippen LogP contribution is 2.26. The van der Waals surface area contributed by atoms with Gasteiger partial charge in [0.2, 0.25) is 21.1 Å².